The van der Waals surface area contributed by atoms with E-state index in [0.29, 0.717) is 5.69 Å². The summed E-state index contributed by atoms with van der Waals surface area (Å²) in [6.07, 6.45) is 0. The van der Waals surface area contributed by atoms with E-state index in [4.69, 9.17) is 0 Å². The number of hydrogen-bond acceptors (Lipinski definition) is 5. The summed E-state index contributed by atoms with van der Waals surface area (Å²) in [7, 11) is -1.89. The lowest BCUT2D eigenvalue weighted by Gasteiger charge is -2.14. The predicted molar refractivity (Wildman–Crippen MR) is 81.6 cm³/mol. The van der Waals surface area contributed by atoms with E-state index >= 15 is 0 Å². The summed E-state index contributed by atoms with van der Waals surface area (Å²) in [6, 6.07) is 6.44. The summed E-state index contributed by atoms with van der Waals surface area (Å²) in [6.45, 7) is 3.68. The van der Waals surface area contributed by atoms with Crippen LogP contribution in [-0.4, -0.2) is 20.4 Å². The van der Waals surface area contributed by atoms with Gasteiger partial charge in [-0.05, 0) is 26.0 Å². The van der Waals surface area contributed by atoms with Gasteiger partial charge in [0.15, 0.2) is 0 Å². The molecule has 0 aliphatic rings. The van der Waals surface area contributed by atoms with Crippen molar-refractivity contribution >= 4 is 27.0 Å². The number of nitrogens with zero attached hydrogens (tertiary/aromatic N) is 1. The van der Waals surface area contributed by atoms with Gasteiger partial charge in [0, 0.05) is 18.1 Å². The lowest BCUT2D eigenvalue weighted by molar-refractivity contribution is 0.566. The maximum atomic E-state index is 12.4. The van der Waals surface area contributed by atoms with Crippen molar-refractivity contribution in [3.05, 3.63) is 40.3 Å². The molecule has 0 radical (unpaired) electrons. The molecule has 2 aromatic rings. The molecule has 0 saturated carbocycles. The van der Waals surface area contributed by atoms with Crippen LogP contribution in [0, 0.1) is 6.92 Å². The van der Waals surface area contributed by atoms with Crippen LogP contribution >= 0.6 is 11.3 Å². The van der Waals surface area contributed by atoms with E-state index in [-0.39, 0.29) is 10.9 Å². The second kappa shape index (κ2) is 5.90. The second-order valence-corrected chi connectivity index (χ2v) is 6.99. The van der Waals surface area contributed by atoms with Gasteiger partial charge < -0.3 is 5.32 Å². The SMILES string of the molecule is CNc1ccccc1S(=O)(=O)NC(C)c1nc(C)cs1. The fourth-order valence-electron chi connectivity index (χ4n) is 1.83. The van der Waals surface area contributed by atoms with E-state index in [2.05, 4.69) is 15.0 Å². The smallest absolute Gasteiger partial charge is 0.243 e. The van der Waals surface area contributed by atoms with Crippen LogP contribution in [0.2, 0.25) is 0 Å². The van der Waals surface area contributed by atoms with E-state index in [1.165, 1.54) is 11.3 Å². The monoisotopic (exact) mass is 311 g/mol. The van der Waals surface area contributed by atoms with Crippen molar-refractivity contribution in [1.82, 2.24) is 9.71 Å². The molecule has 1 atom stereocenters. The van der Waals surface area contributed by atoms with Gasteiger partial charge in [0.1, 0.15) is 9.90 Å². The number of aromatic nitrogens is 1. The number of hydrogen-bond donors (Lipinski definition) is 2. The van der Waals surface area contributed by atoms with Crippen LogP contribution in [0.15, 0.2) is 34.5 Å². The van der Waals surface area contributed by atoms with Crippen molar-refractivity contribution in [3.8, 4) is 0 Å². The minimum absolute atomic E-state index is 0.239. The summed E-state index contributed by atoms with van der Waals surface area (Å²) in [5, 5.41) is 5.55. The fourth-order valence-corrected chi connectivity index (χ4v) is 4.12. The summed E-state index contributed by atoms with van der Waals surface area (Å²) in [4.78, 5) is 4.55. The first-order valence-corrected chi connectivity index (χ1v) is 8.51. The Kier molecular flexibility index (Phi) is 4.42. The van der Waals surface area contributed by atoms with Gasteiger partial charge in [-0.1, -0.05) is 12.1 Å². The molecule has 5 nitrogen and oxygen atoms in total. The number of para-hydroxylation sites is 1. The Morgan fingerprint density at radius 3 is 2.60 bits per heavy atom. The third-order valence-corrected chi connectivity index (χ3v) is 5.53. The first-order valence-electron chi connectivity index (χ1n) is 6.15. The molecule has 0 bridgehead atoms. The minimum atomic E-state index is -3.59. The number of nitrogens with one attached hydrogen (secondary N) is 2. The molecule has 20 heavy (non-hydrogen) atoms. The molecule has 0 aliphatic carbocycles. The van der Waals surface area contributed by atoms with Crippen LogP contribution < -0.4 is 10.0 Å². The van der Waals surface area contributed by atoms with E-state index in [9.17, 15) is 8.42 Å². The van der Waals surface area contributed by atoms with Gasteiger partial charge in [-0.2, -0.15) is 0 Å². The van der Waals surface area contributed by atoms with Gasteiger partial charge in [-0.15, -0.1) is 11.3 Å². The molecule has 2 N–H and O–H groups in total. The first kappa shape index (κ1) is 15.0. The number of thiazole rings is 1. The zero-order valence-corrected chi connectivity index (χ0v) is 13.2. The van der Waals surface area contributed by atoms with E-state index < -0.39 is 10.0 Å². The average molecular weight is 311 g/mol. The number of rotatable bonds is 5. The van der Waals surface area contributed by atoms with Gasteiger partial charge >= 0.3 is 0 Å². The zero-order chi connectivity index (χ0) is 14.8. The Bertz CT molecular complexity index is 695. The quantitative estimate of drug-likeness (QED) is 0.890. The number of aryl methyl sites for hydroxylation is 1. The molecule has 2 rings (SSSR count). The summed E-state index contributed by atoms with van der Waals surface area (Å²) >= 11 is 1.45. The lowest BCUT2D eigenvalue weighted by Crippen LogP contribution is -2.27. The van der Waals surface area contributed by atoms with Crippen LogP contribution in [0.3, 0.4) is 0 Å². The van der Waals surface area contributed by atoms with Crippen molar-refractivity contribution in [2.45, 2.75) is 24.8 Å². The maximum absolute atomic E-state index is 12.4. The van der Waals surface area contributed by atoms with Gasteiger partial charge in [-0.25, -0.2) is 18.1 Å². The minimum Gasteiger partial charge on any atom is -0.387 e. The third kappa shape index (κ3) is 3.17. The number of benzene rings is 1. The van der Waals surface area contributed by atoms with Crippen LogP contribution in [-0.2, 0) is 10.0 Å². The van der Waals surface area contributed by atoms with Crippen LogP contribution in [0.25, 0.3) is 0 Å². The fraction of sp³-hybridized carbons (Fsp3) is 0.308. The highest BCUT2D eigenvalue weighted by molar-refractivity contribution is 7.89. The van der Waals surface area contributed by atoms with Gasteiger partial charge in [0.2, 0.25) is 10.0 Å². The topological polar surface area (TPSA) is 71.1 Å². The molecule has 108 valence electrons. The molecule has 1 aromatic carbocycles. The second-order valence-electron chi connectivity index (χ2n) is 4.42. The molecule has 1 heterocycles. The van der Waals surface area contributed by atoms with E-state index in [0.717, 1.165) is 10.7 Å². The molecule has 0 fully saturated rings. The summed E-state index contributed by atoms with van der Waals surface area (Å²) in [5.74, 6) is 0. The first-order chi connectivity index (χ1) is 9.44. The van der Waals surface area contributed by atoms with Gasteiger partial charge in [0.25, 0.3) is 0 Å². The Balaban J connectivity index is 2.27. The van der Waals surface area contributed by atoms with E-state index in [1.54, 1.807) is 38.2 Å². The molecule has 1 unspecified atom stereocenters. The van der Waals surface area contributed by atoms with Crippen molar-refractivity contribution in [3.63, 3.8) is 0 Å². The third-order valence-electron chi connectivity index (χ3n) is 2.79. The average Bonchev–Trinajstić information content (AvgIpc) is 2.85. The van der Waals surface area contributed by atoms with Crippen LogP contribution in [0.1, 0.15) is 23.7 Å². The van der Waals surface area contributed by atoms with Crippen LogP contribution in [0.5, 0.6) is 0 Å². The largest absolute Gasteiger partial charge is 0.387 e. The Morgan fingerprint density at radius 2 is 2.00 bits per heavy atom. The standard InChI is InChI=1S/C13H17N3O2S2/c1-9-8-19-13(15-9)10(2)16-20(17,18)12-7-5-4-6-11(12)14-3/h4-8,10,14,16H,1-3H3. The lowest BCUT2D eigenvalue weighted by atomic mass is 10.3. The van der Waals surface area contributed by atoms with Gasteiger partial charge in [-0.3, -0.25) is 0 Å². The highest BCUT2D eigenvalue weighted by Crippen LogP contribution is 2.24. The molecular weight excluding hydrogens is 294 g/mol. The van der Waals surface area contributed by atoms with Crippen molar-refractivity contribution in [2.75, 3.05) is 12.4 Å². The summed E-state index contributed by atoms with van der Waals surface area (Å²) < 4.78 is 27.5. The molecule has 0 spiro atoms. The molecule has 0 aliphatic heterocycles. The van der Waals surface area contributed by atoms with Crippen molar-refractivity contribution in [1.29, 1.82) is 0 Å². The molecule has 1 aromatic heterocycles. The predicted octanol–water partition coefficient (Wildman–Crippen LogP) is 2.53. The van der Waals surface area contributed by atoms with Gasteiger partial charge in [0.05, 0.1) is 11.7 Å². The Morgan fingerprint density at radius 1 is 1.30 bits per heavy atom. The van der Waals surface area contributed by atoms with E-state index in [1.807, 2.05) is 12.3 Å². The molecule has 7 heteroatoms. The highest BCUT2D eigenvalue weighted by atomic mass is 32.2. The zero-order valence-electron chi connectivity index (χ0n) is 11.5. The molecule has 0 saturated heterocycles. The number of sulfonamides is 1. The maximum Gasteiger partial charge on any atom is 0.243 e. The molecular formula is C13H17N3O2S2. The molecule has 0 amide bonds. The van der Waals surface area contributed by atoms with Crippen LogP contribution in [0.4, 0.5) is 5.69 Å². The normalized spacial score (nSPS) is 13.2. The van der Waals surface area contributed by atoms with Crippen molar-refractivity contribution in [2.24, 2.45) is 0 Å². The van der Waals surface area contributed by atoms with Crippen molar-refractivity contribution < 1.29 is 8.42 Å². The number of anilines is 1. The Hall–Kier alpha value is -1.44. The highest BCUT2D eigenvalue weighted by Gasteiger charge is 2.22. The Labute approximate surface area is 123 Å². The summed E-state index contributed by atoms with van der Waals surface area (Å²) in [5.41, 5.74) is 1.47.